The van der Waals surface area contributed by atoms with E-state index in [1.807, 2.05) is 35.7 Å². The number of piperidine rings is 1. The zero-order chi connectivity index (χ0) is 18.1. The molecule has 2 aliphatic rings. The number of ether oxygens (including phenoxy) is 1. The van der Waals surface area contributed by atoms with E-state index < -0.39 is 0 Å². The first-order valence-corrected chi connectivity index (χ1v) is 10.3. The molecule has 2 aromatic rings. The number of nitrogens with zero attached hydrogens (tertiary/aromatic N) is 3. The maximum atomic E-state index is 13.1. The molecule has 2 aromatic heterocycles. The van der Waals surface area contributed by atoms with E-state index in [0.717, 1.165) is 56.0 Å². The first-order valence-electron chi connectivity index (χ1n) is 9.37. The second-order valence-corrected chi connectivity index (χ2v) is 8.26. The van der Waals surface area contributed by atoms with Crippen LogP contribution >= 0.6 is 11.3 Å². The second-order valence-electron chi connectivity index (χ2n) is 7.31. The molecule has 7 heteroatoms. The summed E-state index contributed by atoms with van der Waals surface area (Å²) in [5.74, 6) is 0.536. The lowest BCUT2D eigenvalue weighted by molar-refractivity contribution is -0.0480. The Morgan fingerprint density at radius 3 is 2.85 bits per heavy atom. The molecule has 4 rings (SSSR count). The number of aryl methyl sites for hydroxylation is 1. The second kappa shape index (κ2) is 7.50. The number of nitrogens with two attached hydrogens (primary N) is 1. The van der Waals surface area contributed by atoms with Crippen molar-refractivity contribution in [2.24, 2.45) is 18.7 Å². The molecule has 0 aliphatic carbocycles. The van der Waals surface area contributed by atoms with Crippen molar-refractivity contribution >= 4 is 17.2 Å². The van der Waals surface area contributed by atoms with Gasteiger partial charge in [0.15, 0.2) is 0 Å². The smallest absolute Gasteiger partial charge is 0.257 e. The fraction of sp³-hybridized carbons (Fsp3) is 0.579. The maximum absolute atomic E-state index is 13.1. The maximum Gasteiger partial charge on any atom is 0.257 e. The van der Waals surface area contributed by atoms with Crippen LogP contribution in [0.4, 0.5) is 0 Å². The van der Waals surface area contributed by atoms with Crippen molar-refractivity contribution < 1.29 is 9.53 Å². The van der Waals surface area contributed by atoms with E-state index in [-0.39, 0.29) is 18.1 Å². The highest BCUT2D eigenvalue weighted by Gasteiger charge is 2.35. The van der Waals surface area contributed by atoms with Gasteiger partial charge in [-0.25, -0.2) is 0 Å². The lowest BCUT2D eigenvalue weighted by Crippen LogP contribution is -2.49. The molecule has 0 saturated carbocycles. The van der Waals surface area contributed by atoms with E-state index in [9.17, 15) is 4.79 Å². The number of rotatable bonds is 3. The molecular formula is C19H26N4O2S. The molecule has 0 aromatic carbocycles. The summed E-state index contributed by atoms with van der Waals surface area (Å²) in [6.07, 6.45) is 6.01. The molecule has 140 valence electrons. The highest BCUT2D eigenvalue weighted by molar-refractivity contribution is 7.13. The number of amides is 1. The minimum atomic E-state index is 0.0776. The third-order valence-electron chi connectivity index (χ3n) is 5.52. The average Bonchev–Trinajstić information content (AvgIpc) is 3.31. The standard InChI is InChI=1S/C19H26N4O2S/c1-22-12-14(17(21-22)16-5-3-11-26-16)19(24)23-8-6-13(7-9-23)18-15(20)4-2-10-25-18/h3,5,11-13,15,18H,2,4,6-10,20H2,1H3. The molecule has 2 saturated heterocycles. The molecule has 2 aliphatic heterocycles. The van der Waals surface area contributed by atoms with Gasteiger partial charge in [-0.3, -0.25) is 9.48 Å². The minimum Gasteiger partial charge on any atom is -0.376 e. The predicted molar refractivity (Wildman–Crippen MR) is 102 cm³/mol. The van der Waals surface area contributed by atoms with Gasteiger partial charge in [0.1, 0.15) is 5.69 Å². The summed E-state index contributed by atoms with van der Waals surface area (Å²) in [5, 5.41) is 6.52. The Bertz CT molecular complexity index is 750. The fourth-order valence-electron chi connectivity index (χ4n) is 4.15. The number of hydrogen-bond donors (Lipinski definition) is 1. The van der Waals surface area contributed by atoms with E-state index in [2.05, 4.69) is 5.10 Å². The van der Waals surface area contributed by atoms with Gasteiger partial charge < -0.3 is 15.4 Å². The molecular weight excluding hydrogens is 348 g/mol. The van der Waals surface area contributed by atoms with Crippen molar-refractivity contribution in [3.63, 3.8) is 0 Å². The molecule has 6 nitrogen and oxygen atoms in total. The summed E-state index contributed by atoms with van der Waals surface area (Å²) in [5.41, 5.74) is 7.73. The van der Waals surface area contributed by atoms with Crippen LogP contribution in [0.15, 0.2) is 23.7 Å². The molecule has 26 heavy (non-hydrogen) atoms. The number of carbonyl (C=O) groups excluding carboxylic acids is 1. The summed E-state index contributed by atoms with van der Waals surface area (Å²) in [6, 6.07) is 4.14. The molecule has 4 heterocycles. The molecule has 0 spiro atoms. The highest BCUT2D eigenvalue weighted by atomic mass is 32.1. The summed E-state index contributed by atoms with van der Waals surface area (Å²) in [7, 11) is 1.86. The zero-order valence-corrected chi connectivity index (χ0v) is 16.0. The van der Waals surface area contributed by atoms with Gasteiger partial charge in [0.05, 0.1) is 16.5 Å². The quantitative estimate of drug-likeness (QED) is 0.896. The van der Waals surface area contributed by atoms with Crippen LogP contribution in [0.3, 0.4) is 0 Å². The SMILES string of the molecule is Cn1cc(C(=O)N2CCC(C3OCCCC3N)CC2)c(-c2cccs2)n1. The zero-order valence-electron chi connectivity index (χ0n) is 15.1. The highest BCUT2D eigenvalue weighted by Crippen LogP contribution is 2.31. The van der Waals surface area contributed by atoms with Gasteiger partial charge in [0.2, 0.25) is 0 Å². The van der Waals surface area contributed by atoms with Gasteiger partial charge in [-0.1, -0.05) is 6.07 Å². The van der Waals surface area contributed by atoms with Gasteiger partial charge in [-0.2, -0.15) is 5.10 Å². The van der Waals surface area contributed by atoms with Crippen molar-refractivity contribution in [1.29, 1.82) is 0 Å². The van der Waals surface area contributed by atoms with Crippen LogP contribution < -0.4 is 5.73 Å². The first kappa shape index (κ1) is 17.7. The third kappa shape index (κ3) is 3.43. The van der Waals surface area contributed by atoms with Crippen LogP contribution in [0.2, 0.25) is 0 Å². The van der Waals surface area contributed by atoms with Gasteiger partial charge in [0.25, 0.3) is 5.91 Å². The van der Waals surface area contributed by atoms with E-state index in [4.69, 9.17) is 10.5 Å². The number of thiophene rings is 1. The van der Waals surface area contributed by atoms with Crippen molar-refractivity contribution in [2.45, 2.75) is 37.8 Å². The average molecular weight is 375 g/mol. The fourth-order valence-corrected chi connectivity index (χ4v) is 4.88. The largest absolute Gasteiger partial charge is 0.376 e. The van der Waals surface area contributed by atoms with Crippen LogP contribution in [-0.2, 0) is 11.8 Å². The Morgan fingerprint density at radius 2 is 2.15 bits per heavy atom. The van der Waals surface area contributed by atoms with Crippen LogP contribution in [0.1, 0.15) is 36.0 Å². The van der Waals surface area contributed by atoms with E-state index >= 15 is 0 Å². The Morgan fingerprint density at radius 1 is 1.35 bits per heavy atom. The Labute approximate surface area is 157 Å². The number of aromatic nitrogens is 2. The van der Waals surface area contributed by atoms with Crippen LogP contribution in [0, 0.1) is 5.92 Å². The van der Waals surface area contributed by atoms with Gasteiger partial charge in [-0.15, -0.1) is 11.3 Å². The molecule has 2 N–H and O–H groups in total. The van der Waals surface area contributed by atoms with Crippen LogP contribution in [0.5, 0.6) is 0 Å². The predicted octanol–water partition coefficient (Wildman–Crippen LogP) is 2.51. The Balaban J connectivity index is 1.44. The van der Waals surface area contributed by atoms with Gasteiger partial charge in [0, 0.05) is 39.0 Å². The third-order valence-corrected chi connectivity index (χ3v) is 6.40. The van der Waals surface area contributed by atoms with Gasteiger partial charge >= 0.3 is 0 Å². The number of likely N-dealkylation sites (tertiary alicyclic amines) is 1. The number of carbonyl (C=O) groups is 1. The van der Waals surface area contributed by atoms with Crippen molar-refractivity contribution in [1.82, 2.24) is 14.7 Å². The molecule has 1 amide bonds. The van der Waals surface area contributed by atoms with E-state index in [1.54, 1.807) is 16.0 Å². The summed E-state index contributed by atoms with van der Waals surface area (Å²) in [4.78, 5) is 16.1. The molecule has 2 atom stereocenters. The summed E-state index contributed by atoms with van der Waals surface area (Å²) < 4.78 is 7.67. The summed E-state index contributed by atoms with van der Waals surface area (Å²) >= 11 is 1.61. The van der Waals surface area contributed by atoms with Crippen molar-refractivity contribution in [3.05, 3.63) is 29.3 Å². The lowest BCUT2D eigenvalue weighted by Gasteiger charge is -2.40. The van der Waals surface area contributed by atoms with Crippen LogP contribution in [-0.4, -0.2) is 52.4 Å². The number of hydrogen-bond acceptors (Lipinski definition) is 5. The summed E-state index contributed by atoms with van der Waals surface area (Å²) in [6.45, 7) is 2.33. The van der Waals surface area contributed by atoms with Crippen molar-refractivity contribution in [3.8, 4) is 10.6 Å². The lowest BCUT2D eigenvalue weighted by atomic mass is 9.85. The Hall–Kier alpha value is -1.70. The van der Waals surface area contributed by atoms with Crippen LogP contribution in [0.25, 0.3) is 10.6 Å². The Kier molecular flexibility index (Phi) is 5.11. The first-order chi connectivity index (χ1) is 12.6. The normalized spacial score (nSPS) is 24.8. The molecule has 2 unspecified atom stereocenters. The monoisotopic (exact) mass is 374 g/mol. The topological polar surface area (TPSA) is 73.4 Å². The van der Waals surface area contributed by atoms with Crippen molar-refractivity contribution in [2.75, 3.05) is 19.7 Å². The van der Waals surface area contributed by atoms with E-state index in [0.29, 0.717) is 11.5 Å². The molecule has 0 radical (unpaired) electrons. The van der Waals surface area contributed by atoms with E-state index in [1.165, 1.54) is 0 Å². The molecule has 2 fully saturated rings. The minimum absolute atomic E-state index is 0.0776. The van der Waals surface area contributed by atoms with Gasteiger partial charge in [-0.05, 0) is 43.0 Å². The molecule has 0 bridgehead atoms.